The van der Waals surface area contributed by atoms with Crippen molar-refractivity contribution in [2.75, 3.05) is 0 Å². The second-order valence-corrected chi connectivity index (χ2v) is 5.33. The fourth-order valence-corrected chi connectivity index (χ4v) is 2.49. The summed E-state index contributed by atoms with van der Waals surface area (Å²) in [5.41, 5.74) is 0.246. The van der Waals surface area contributed by atoms with Gasteiger partial charge in [0, 0.05) is 11.8 Å². The lowest BCUT2D eigenvalue weighted by molar-refractivity contribution is -0.137. The van der Waals surface area contributed by atoms with E-state index in [9.17, 15) is 13.2 Å². The number of aromatic nitrogens is 2. The average molecular weight is 346 g/mol. The summed E-state index contributed by atoms with van der Waals surface area (Å²) >= 11 is 11.8. The van der Waals surface area contributed by atoms with Gasteiger partial charge in [-0.2, -0.15) is 23.5 Å². The van der Waals surface area contributed by atoms with Crippen molar-refractivity contribution in [2.24, 2.45) is 0 Å². The molecule has 0 fully saturated rings. The molecule has 0 N–H and O–H groups in total. The Kier molecular flexibility index (Phi) is 4.23. The van der Waals surface area contributed by atoms with Crippen LogP contribution in [0, 0.1) is 11.3 Å². The Morgan fingerprint density at radius 2 is 1.86 bits per heavy atom. The molecular weight excluding hydrogens is 338 g/mol. The number of hydrogen-bond acceptors (Lipinski definition) is 2. The van der Waals surface area contributed by atoms with Crippen LogP contribution in [-0.2, 0) is 6.18 Å². The predicted molar refractivity (Wildman–Crippen MR) is 78.0 cm³/mol. The summed E-state index contributed by atoms with van der Waals surface area (Å²) in [6.07, 6.45) is -3.11. The highest BCUT2D eigenvalue weighted by molar-refractivity contribution is 6.37. The number of hydrogen-bond donors (Lipinski definition) is 0. The van der Waals surface area contributed by atoms with E-state index < -0.39 is 11.7 Å². The maximum absolute atomic E-state index is 12.7. The van der Waals surface area contributed by atoms with E-state index in [2.05, 4.69) is 11.7 Å². The molecule has 0 aliphatic rings. The van der Waals surface area contributed by atoms with E-state index in [0.717, 1.165) is 12.1 Å². The van der Waals surface area contributed by atoms with Crippen molar-refractivity contribution in [3.8, 4) is 11.8 Å². The molecule has 2 rings (SSSR count). The molecule has 8 heteroatoms. The monoisotopic (exact) mass is 345 g/mol. The summed E-state index contributed by atoms with van der Waals surface area (Å²) in [5.74, 6) is 0. The Bertz CT molecular complexity index is 778. The first kappa shape index (κ1) is 16.4. The lowest BCUT2D eigenvalue weighted by Gasteiger charge is -2.12. The van der Waals surface area contributed by atoms with Gasteiger partial charge >= 0.3 is 6.18 Å². The molecule has 0 radical (unpaired) electrons. The van der Waals surface area contributed by atoms with Crippen molar-refractivity contribution in [1.29, 1.82) is 5.26 Å². The SMILES string of the molecule is C=C(C)c1cn(-c2c(Cl)cc(C(F)(F)F)cc2Cl)nc1C#N. The van der Waals surface area contributed by atoms with Crippen LogP contribution in [0.15, 0.2) is 24.9 Å². The first-order chi connectivity index (χ1) is 10.1. The van der Waals surface area contributed by atoms with Crippen molar-refractivity contribution >= 4 is 28.8 Å². The molecule has 3 nitrogen and oxygen atoms in total. The third-order valence-corrected chi connectivity index (χ3v) is 3.43. The summed E-state index contributed by atoms with van der Waals surface area (Å²) in [6.45, 7) is 5.39. The highest BCUT2D eigenvalue weighted by Gasteiger charge is 2.32. The summed E-state index contributed by atoms with van der Waals surface area (Å²) in [7, 11) is 0. The van der Waals surface area contributed by atoms with Gasteiger partial charge in [-0.25, -0.2) is 4.68 Å². The minimum atomic E-state index is -4.56. The zero-order chi connectivity index (χ0) is 16.7. The number of benzene rings is 1. The molecule has 0 aliphatic heterocycles. The first-order valence-corrected chi connectivity index (χ1v) is 6.63. The summed E-state index contributed by atoms with van der Waals surface area (Å²) in [4.78, 5) is 0. The van der Waals surface area contributed by atoms with Crippen molar-refractivity contribution in [2.45, 2.75) is 13.1 Å². The van der Waals surface area contributed by atoms with Crippen LogP contribution in [0.4, 0.5) is 13.2 Å². The molecule has 0 saturated carbocycles. The van der Waals surface area contributed by atoms with E-state index in [1.165, 1.54) is 10.9 Å². The third-order valence-electron chi connectivity index (χ3n) is 2.85. The Morgan fingerprint density at radius 1 is 1.32 bits per heavy atom. The lowest BCUT2D eigenvalue weighted by atomic mass is 10.1. The third kappa shape index (κ3) is 2.96. The fraction of sp³-hybridized carbons (Fsp3) is 0.143. The molecule has 0 unspecified atom stereocenters. The zero-order valence-electron chi connectivity index (χ0n) is 11.2. The molecule has 114 valence electrons. The van der Waals surface area contributed by atoms with Gasteiger partial charge in [-0.05, 0) is 24.6 Å². The number of allylic oxidation sites excluding steroid dienone is 1. The molecule has 0 saturated heterocycles. The highest BCUT2D eigenvalue weighted by Crippen LogP contribution is 2.37. The molecule has 0 amide bonds. The maximum Gasteiger partial charge on any atom is 0.416 e. The molecule has 2 aromatic rings. The minimum absolute atomic E-state index is 0.0698. The van der Waals surface area contributed by atoms with Gasteiger partial charge in [0.15, 0.2) is 5.69 Å². The van der Waals surface area contributed by atoms with E-state index in [1.807, 2.05) is 6.07 Å². The van der Waals surface area contributed by atoms with Gasteiger partial charge < -0.3 is 0 Å². The van der Waals surface area contributed by atoms with E-state index in [1.54, 1.807) is 6.92 Å². The largest absolute Gasteiger partial charge is 0.416 e. The van der Waals surface area contributed by atoms with Crippen LogP contribution < -0.4 is 0 Å². The van der Waals surface area contributed by atoms with E-state index in [-0.39, 0.29) is 21.4 Å². The van der Waals surface area contributed by atoms with Crippen LogP contribution in [0.3, 0.4) is 0 Å². The Labute approximate surface area is 134 Å². The van der Waals surface area contributed by atoms with Gasteiger partial charge in [-0.15, -0.1) is 0 Å². The second kappa shape index (κ2) is 5.67. The van der Waals surface area contributed by atoms with Gasteiger partial charge in [-0.3, -0.25) is 0 Å². The van der Waals surface area contributed by atoms with Gasteiger partial charge in [0.25, 0.3) is 0 Å². The standard InChI is InChI=1S/C14H8Cl2F3N3/c1-7(2)9-6-22(21-12(9)5-20)13-10(15)3-8(4-11(13)16)14(17,18)19/h3-4,6H,1H2,2H3. The van der Waals surface area contributed by atoms with Crippen LogP contribution in [0.25, 0.3) is 11.3 Å². The predicted octanol–water partition coefficient (Wildman–Crippen LogP) is 5.10. The van der Waals surface area contributed by atoms with Crippen molar-refractivity contribution in [3.63, 3.8) is 0 Å². The molecule has 0 aliphatic carbocycles. The zero-order valence-corrected chi connectivity index (χ0v) is 12.7. The van der Waals surface area contributed by atoms with Gasteiger partial charge in [0.05, 0.1) is 15.6 Å². The van der Waals surface area contributed by atoms with Gasteiger partial charge in [0.1, 0.15) is 11.8 Å². The topological polar surface area (TPSA) is 41.6 Å². The molecule has 22 heavy (non-hydrogen) atoms. The average Bonchev–Trinajstić information content (AvgIpc) is 2.80. The van der Waals surface area contributed by atoms with Crippen molar-refractivity contribution < 1.29 is 13.2 Å². The lowest BCUT2D eigenvalue weighted by Crippen LogP contribution is -2.07. The van der Waals surface area contributed by atoms with E-state index in [0.29, 0.717) is 11.1 Å². The molecule has 1 aromatic heterocycles. The van der Waals surface area contributed by atoms with Crippen LogP contribution in [-0.4, -0.2) is 9.78 Å². The maximum atomic E-state index is 12.7. The van der Waals surface area contributed by atoms with Gasteiger partial charge in [0.2, 0.25) is 0 Å². The Hall–Kier alpha value is -1.97. The van der Waals surface area contributed by atoms with E-state index >= 15 is 0 Å². The molecular formula is C14H8Cl2F3N3. The summed E-state index contributed by atoms with van der Waals surface area (Å²) < 4.78 is 39.3. The highest BCUT2D eigenvalue weighted by atomic mass is 35.5. The summed E-state index contributed by atoms with van der Waals surface area (Å²) in [6, 6.07) is 3.40. The van der Waals surface area contributed by atoms with Crippen LogP contribution in [0.1, 0.15) is 23.7 Å². The smallest absolute Gasteiger partial charge is 0.236 e. The molecule has 0 bridgehead atoms. The molecule has 1 aromatic carbocycles. The molecule has 0 atom stereocenters. The Balaban J connectivity index is 2.64. The summed E-state index contributed by atoms with van der Waals surface area (Å²) in [5, 5.41) is 12.6. The van der Waals surface area contributed by atoms with Gasteiger partial charge in [-0.1, -0.05) is 29.8 Å². The minimum Gasteiger partial charge on any atom is -0.236 e. The number of nitriles is 1. The normalized spacial score (nSPS) is 11.3. The second-order valence-electron chi connectivity index (χ2n) is 4.51. The van der Waals surface area contributed by atoms with Crippen molar-refractivity contribution in [3.05, 3.63) is 51.8 Å². The molecule has 0 spiro atoms. The number of rotatable bonds is 2. The number of halogens is 5. The molecule has 1 heterocycles. The Morgan fingerprint density at radius 3 is 2.23 bits per heavy atom. The van der Waals surface area contributed by atoms with Crippen LogP contribution in [0.5, 0.6) is 0 Å². The first-order valence-electron chi connectivity index (χ1n) is 5.87. The quantitative estimate of drug-likeness (QED) is 0.759. The number of alkyl halides is 3. The van der Waals surface area contributed by atoms with Crippen LogP contribution >= 0.6 is 23.2 Å². The number of nitrogens with zero attached hydrogens (tertiary/aromatic N) is 3. The van der Waals surface area contributed by atoms with Crippen molar-refractivity contribution in [1.82, 2.24) is 9.78 Å². The van der Waals surface area contributed by atoms with Crippen LogP contribution in [0.2, 0.25) is 10.0 Å². The fourth-order valence-electron chi connectivity index (χ4n) is 1.83. The van der Waals surface area contributed by atoms with E-state index in [4.69, 9.17) is 28.5 Å².